The van der Waals surface area contributed by atoms with Crippen LogP contribution in [0.5, 0.6) is 0 Å². The Labute approximate surface area is 154 Å². The van der Waals surface area contributed by atoms with Crippen LogP contribution in [0.2, 0.25) is 0 Å². The Morgan fingerprint density at radius 3 is 2.19 bits per heavy atom. The van der Waals surface area contributed by atoms with Gasteiger partial charge in [0.15, 0.2) is 0 Å². The summed E-state index contributed by atoms with van der Waals surface area (Å²) in [4.78, 5) is 23.8. The third kappa shape index (κ3) is 5.59. The van der Waals surface area contributed by atoms with E-state index in [-0.39, 0.29) is 17.7 Å². The monoisotopic (exact) mass is 351 g/mol. The summed E-state index contributed by atoms with van der Waals surface area (Å²) in [6.45, 7) is 6.30. The molecule has 0 heterocycles. The van der Waals surface area contributed by atoms with Gasteiger partial charge in [0.2, 0.25) is 0 Å². The second kappa shape index (κ2) is 8.48. The number of aliphatic carboxylic acids is 1. The van der Waals surface area contributed by atoms with Gasteiger partial charge in [-0.1, -0.05) is 75.4 Å². The van der Waals surface area contributed by atoms with Crippen molar-refractivity contribution in [2.24, 2.45) is 0 Å². The van der Waals surface area contributed by atoms with Gasteiger partial charge in [-0.2, -0.15) is 0 Å². The number of benzene rings is 2. The summed E-state index contributed by atoms with van der Waals surface area (Å²) in [7, 11) is 0. The molecule has 0 aliphatic heterocycles. The molecule has 136 valence electrons. The Balaban J connectivity index is 2.01. The minimum absolute atomic E-state index is 0.000832. The van der Waals surface area contributed by atoms with Crippen LogP contribution in [0.15, 0.2) is 60.7 Å². The van der Waals surface area contributed by atoms with E-state index in [1.807, 2.05) is 48.5 Å². The molecule has 0 aromatic heterocycles. The number of amides is 1. The van der Waals surface area contributed by atoms with E-state index in [1.165, 1.54) is 0 Å². The lowest BCUT2D eigenvalue weighted by Crippen LogP contribution is -2.40. The molecule has 0 spiro atoms. The van der Waals surface area contributed by atoms with Crippen molar-refractivity contribution in [3.63, 3.8) is 0 Å². The second-order valence-electron chi connectivity index (χ2n) is 7.24. The smallest absolute Gasteiger partial charge is 0.326 e. The van der Waals surface area contributed by atoms with Crippen molar-refractivity contribution in [3.8, 4) is 0 Å². The zero-order chi connectivity index (χ0) is 19.2. The van der Waals surface area contributed by atoms with Crippen LogP contribution in [0.1, 0.15) is 48.7 Å². The fourth-order valence-corrected chi connectivity index (χ4v) is 2.49. The summed E-state index contributed by atoms with van der Waals surface area (Å²) in [5.41, 5.74) is 2.56. The molecule has 1 amide bonds. The van der Waals surface area contributed by atoms with Crippen molar-refractivity contribution in [1.29, 1.82) is 0 Å². The van der Waals surface area contributed by atoms with Crippen LogP contribution >= 0.6 is 0 Å². The van der Waals surface area contributed by atoms with E-state index >= 15 is 0 Å². The van der Waals surface area contributed by atoms with Crippen molar-refractivity contribution < 1.29 is 14.7 Å². The molecule has 4 nitrogen and oxygen atoms in total. The van der Waals surface area contributed by atoms with Gasteiger partial charge in [-0.05, 0) is 35.1 Å². The highest BCUT2D eigenvalue weighted by atomic mass is 16.4. The van der Waals surface area contributed by atoms with Crippen molar-refractivity contribution in [1.82, 2.24) is 5.32 Å². The van der Waals surface area contributed by atoms with Crippen LogP contribution in [0.25, 0.3) is 6.08 Å². The van der Waals surface area contributed by atoms with Gasteiger partial charge in [-0.25, -0.2) is 4.79 Å². The number of carboxylic acid groups (broad SMARTS) is 1. The maximum Gasteiger partial charge on any atom is 0.326 e. The molecular weight excluding hydrogens is 326 g/mol. The van der Waals surface area contributed by atoms with Gasteiger partial charge in [-0.3, -0.25) is 4.79 Å². The third-order valence-electron chi connectivity index (χ3n) is 4.10. The topological polar surface area (TPSA) is 66.4 Å². The molecule has 4 heteroatoms. The van der Waals surface area contributed by atoms with Crippen LogP contribution in [-0.2, 0) is 10.2 Å². The second-order valence-corrected chi connectivity index (χ2v) is 7.24. The van der Waals surface area contributed by atoms with Crippen LogP contribution in [0.4, 0.5) is 0 Å². The number of nitrogens with one attached hydrogen (secondary N) is 1. The highest BCUT2D eigenvalue weighted by Crippen LogP contribution is 2.22. The molecule has 2 N–H and O–H groups in total. The lowest BCUT2D eigenvalue weighted by atomic mass is 9.86. The molecule has 2 rings (SSSR count). The van der Waals surface area contributed by atoms with Crippen molar-refractivity contribution >= 4 is 18.0 Å². The van der Waals surface area contributed by atoms with Gasteiger partial charge in [-0.15, -0.1) is 0 Å². The summed E-state index contributed by atoms with van der Waals surface area (Å²) < 4.78 is 0. The first kappa shape index (κ1) is 19.4. The van der Waals surface area contributed by atoms with Crippen molar-refractivity contribution in [3.05, 3.63) is 77.4 Å². The predicted octanol–water partition coefficient (Wildman–Crippen LogP) is 4.27. The van der Waals surface area contributed by atoms with Crippen LogP contribution in [0.3, 0.4) is 0 Å². The fraction of sp³-hybridized carbons (Fsp3) is 0.273. The standard InChI is InChI=1S/C22H25NO3/c1-22(2,3)18-14-12-17(13-15-18)20(24)23-19(21(25)26)11-7-10-16-8-5-4-6-9-16/h4-10,12-15,19H,11H2,1-3H3,(H,23,24)(H,25,26)/b10-7+/t19-/m1/s1. The predicted molar refractivity (Wildman–Crippen MR) is 104 cm³/mol. The van der Waals surface area contributed by atoms with E-state index in [4.69, 9.17) is 0 Å². The SMILES string of the molecule is CC(C)(C)c1ccc(C(=O)N[C@H](C/C=C/c2ccccc2)C(=O)O)cc1. The minimum atomic E-state index is -1.05. The number of carboxylic acids is 1. The van der Waals surface area contributed by atoms with Gasteiger partial charge < -0.3 is 10.4 Å². The molecule has 0 bridgehead atoms. The third-order valence-corrected chi connectivity index (χ3v) is 4.10. The Kier molecular flexibility index (Phi) is 6.34. The van der Waals surface area contributed by atoms with E-state index in [0.29, 0.717) is 5.56 Å². The number of carbonyl (C=O) groups excluding carboxylic acids is 1. The molecule has 0 saturated carbocycles. The summed E-state index contributed by atoms with van der Waals surface area (Å²) >= 11 is 0. The molecule has 0 unspecified atom stereocenters. The highest BCUT2D eigenvalue weighted by molar-refractivity contribution is 5.96. The number of carbonyl (C=O) groups is 2. The zero-order valence-corrected chi connectivity index (χ0v) is 15.4. The zero-order valence-electron chi connectivity index (χ0n) is 15.4. The number of hydrogen-bond donors (Lipinski definition) is 2. The maximum atomic E-state index is 12.4. The van der Waals surface area contributed by atoms with Gasteiger partial charge in [0.25, 0.3) is 5.91 Å². The molecule has 1 atom stereocenters. The minimum Gasteiger partial charge on any atom is -0.480 e. The van der Waals surface area contributed by atoms with Gasteiger partial charge >= 0.3 is 5.97 Å². The molecule has 26 heavy (non-hydrogen) atoms. The molecule has 2 aromatic rings. The first-order chi connectivity index (χ1) is 12.3. The average molecular weight is 351 g/mol. The first-order valence-electron chi connectivity index (χ1n) is 8.63. The fourth-order valence-electron chi connectivity index (χ4n) is 2.49. The lowest BCUT2D eigenvalue weighted by Gasteiger charge is -2.19. The van der Waals surface area contributed by atoms with Crippen LogP contribution < -0.4 is 5.32 Å². The lowest BCUT2D eigenvalue weighted by molar-refractivity contribution is -0.139. The van der Waals surface area contributed by atoms with Gasteiger partial charge in [0.05, 0.1) is 0 Å². The van der Waals surface area contributed by atoms with Gasteiger partial charge in [0.1, 0.15) is 6.04 Å². The van der Waals surface area contributed by atoms with Crippen molar-refractivity contribution in [2.75, 3.05) is 0 Å². The van der Waals surface area contributed by atoms with Crippen molar-refractivity contribution in [2.45, 2.75) is 38.6 Å². The Hall–Kier alpha value is -2.88. The molecular formula is C22H25NO3. The van der Waals surface area contributed by atoms with E-state index in [2.05, 4.69) is 26.1 Å². The molecule has 0 radical (unpaired) electrons. The largest absolute Gasteiger partial charge is 0.480 e. The van der Waals surface area contributed by atoms with Crippen LogP contribution in [-0.4, -0.2) is 23.0 Å². The molecule has 2 aromatic carbocycles. The number of rotatable bonds is 6. The number of hydrogen-bond acceptors (Lipinski definition) is 2. The van der Waals surface area contributed by atoms with Crippen LogP contribution in [0, 0.1) is 0 Å². The Morgan fingerprint density at radius 1 is 1.04 bits per heavy atom. The molecule has 0 aliphatic rings. The summed E-state index contributed by atoms with van der Waals surface area (Å²) in [6, 6.07) is 15.9. The summed E-state index contributed by atoms with van der Waals surface area (Å²) in [6.07, 6.45) is 3.83. The molecule has 0 aliphatic carbocycles. The Morgan fingerprint density at radius 2 is 1.65 bits per heavy atom. The summed E-state index contributed by atoms with van der Waals surface area (Å²) in [5, 5.41) is 12.0. The van der Waals surface area contributed by atoms with E-state index in [0.717, 1.165) is 11.1 Å². The van der Waals surface area contributed by atoms with E-state index in [9.17, 15) is 14.7 Å². The average Bonchev–Trinajstić information content (AvgIpc) is 2.61. The highest BCUT2D eigenvalue weighted by Gasteiger charge is 2.20. The summed E-state index contributed by atoms with van der Waals surface area (Å²) in [5.74, 6) is -1.44. The normalized spacial score (nSPS) is 12.7. The van der Waals surface area contributed by atoms with Gasteiger partial charge in [0, 0.05) is 5.56 Å². The molecule has 0 saturated heterocycles. The maximum absolute atomic E-state index is 12.4. The van der Waals surface area contributed by atoms with E-state index in [1.54, 1.807) is 18.2 Å². The first-order valence-corrected chi connectivity index (χ1v) is 8.63. The quantitative estimate of drug-likeness (QED) is 0.817. The molecule has 0 fully saturated rings. The Bertz CT molecular complexity index is 771. The van der Waals surface area contributed by atoms with E-state index < -0.39 is 12.0 Å².